The maximum absolute atomic E-state index is 5.92. The minimum absolute atomic E-state index is 0.0909. The number of nitrogens with zero attached hydrogens (tertiary/aromatic N) is 2. The van der Waals surface area contributed by atoms with Crippen molar-refractivity contribution in [2.75, 3.05) is 13.1 Å². The molecule has 0 spiro atoms. The van der Waals surface area contributed by atoms with Crippen molar-refractivity contribution in [1.82, 2.24) is 4.90 Å². The molecule has 0 saturated carbocycles. The van der Waals surface area contributed by atoms with Gasteiger partial charge in [0.1, 0.15) is 5.84 Å². The van der Waals surface area contributed by atoms with E-state index in [0.29, 0.717) is 0 Å². The van der Waals surface area contributed by atoms with Crippen LogP contribution in [0.3, 0.4) is 0 Å². The first kappa shape index (κ1) is 16.2. The Bertz CT molecular complexity index is 282. The van der Waals surface area contributed by atoms with Gasteiger partial charge < -0.3 is 10.6 Å². The van der Waals surface area contributed by atoms with Crippen molar-refractivity contribution in [3.63, 3.8) is 0 Å². The second-order valence-electron chi connectivity index (χ2n) is 5.46. The summed E-state index contributed by atoms with van der Waals surface area (Å²) >= 11 is 0. The molecule has 2 N–H and O–H groups in total. The number of rotatable bonds is 10. The predicted octanol–water partition coefficient (Wildman–Crippen LogP) is 3.70. The van der Waals surface area contributed by atoms with Crippen molar-refractivity contribution >= 4 is 5.84 Å². The van der Waals surface area contributed by atoms with Gasteiger partial charge in [0.15, 0.2) is 0 Å². The van der Waals surface area contributed by atoms with Crippen LogP contribution in [0.5, 0.6) is 0 Å². The fraction of sp³-hybridized carbons (Fsp3) is 0.812. The summed E-state index contributed by atoms with van der Waals surface area (Å²) in [6.45, 7) is 6.18. The second kappa shape index (κ2) is 10.0. The molecule has 3 heteroatoms. The first-order valence-electron chi connectivity index (χ1n) is 7.96. The molecule has 1 aliphatic heterocycles. The van der Waals surface area contributed by atoms with Crippen LogP contribution in [0.1, 0.15) is 65.2 Å². The van der Waals surface area contributed by atoms with E-state index in [1.54, 1.807) is 0 Å². The Morgan fingerprint density at radius 1 is 1.21 bits per heavy atom. The maximum atomic E-state index is 5.92. The molecule has 1 rings (SSSR count). The largest absolute Gasteiger partial charge is 0.343 e. The van der Waals surface area contributed by atoms with E-state index in [-0.39, 0.29) is 6.17 Å². The SMILES string of the molecule is CCCCCCCC/C=C/CC1=NCCN1C(C)N. The minimum atomic E-state index is 0.0909. The third kappa shape index (κ3) is 6.76. The number of hydrogen-bond acceptors (Lipinski definition) is 3. The van der Waals surface area contributed by atoms with Gasteiger partial charge in [-0.2, -0.15) is 0 Å². The number of allylic oxidation sites excluding steroid dienone is 1. The van der Waals surface area contributed by atoms with Crippen molar-refractivity contribution in [3.05, 3.63) is 12.2 Å². The summed E-state index contributed by atoms with van der Waals surface area (Å²) in [5.74, 6) is 1.16. The highest BCUT2D eigenvalue weighted by atomic mass is 15.3. The Balaban J connectivity index is 2.04. The zero-order chi connectivity index (χ0) is 13.9. The Hall–Kier alpha value is -0.830. The normalized spacial score (nSPS) is 17.2. The molecule has 0 bridgehead atoms. The first-order valence-corrected chi connectivity index (χ1v) is 7.96. The van der Waals surface area contributed by atoms with Gasteiger partial charge in [0.2, 0.25) is 0 Å². The van der Waals surface area contributed by atoms with Crippen molar-refractivity contribution in [1.29, 1.82) is 0 Å². The van der Waals surface area contributed by atoms with Crippen LogP contribution in [0, 0.1) is 0 Å². The van der Waals surface area contributed by atoms with E-state index in [1.165, 1.54) is 44.9 Å². The topological polar surface area (TPSA) is 41.6 Å². The third-order valence-corrected chi connectivity index (χ3v) is 3.65. The molecule has 0 aliphatic carbocycles. The van der Waals surface area contributed by atoms with Crippen molar-refractivity contribution in [3.8, 4) is 0 Å². The van der Waals surface area contributed by atoms with E-state index in [4.69, 9.17) is 5.73 Å². The lowest BCUT2D eigenvalue weighted by molar-refractivity contribution is 0.362. The molecule has 1 heterocycles. The van der Waals surface area contributed by atoms with Gasteiger partial charge >= 0.3 is 0 Å². The quantitative estimate of drug-likeness (QED) is 0.483. The maximum Gasteiger partial charge on any atom is 0.104 e. The molecule has 1 aliphatic rings. The molecule has 0 aromatic rings. The van der Waals surface area contributed by atoms with E-state index in [1.807, 2.05) is 6.92 Å². The summed E-state index contributed by atoms with van der Waals surface area (Å²) < 4.78 is 0. The zero-order valence-electron chi connectivity index (χ0n) is 12.8. The molecule has 3 nitrogen and oxygen atoms in total. The highest BCUT2D eigenvalue weighted by Gasteiger charge is 2.17. The van der Waals surface area contributed by atoms with Gasteiger partial charge in [-0.3, -0.25) is 4.99 Å². The van der Waals surface area contributed by atoms with E-state index in [9.17, 15) is 0 Å². The van der Waals surface area contributed by atoms with E-state index in [2.05, 4.69) is 29.0 Å². The Kier molecular flexibility index (Phi) is 8.55. The van der Waals surface area contributed by atoms with Crippen molar-refractivity contribution in [2.24, 2.45) is 10.7 Å². The molecular weight excluding hydrogens is 234 g/mol. The van der Waals surface area contributed by atoms with Crippen LogP contribution >= 0.6 is 0 Å². The van der Waals surface area contributed by atoms with Crippen LogP contribution in [-0.4, -0.2) is 30.0 Å². The molecule has 1 atom stereocenters. The summed E-state index contributed by atoms with van der Waals surface area (Å²) in [6.07, 6.45) is 15.0. The lowest BCUT2D eigenvalue weighted by Crippen LogP contribution is -2.41. The highest BCUT2D eigenvalue weighted by Crippen LogP contribution is 2.10. The predicted molar refractivity (Wildman–Crippen MR) is 84.4 cm³/mol. The fourth-order valence-electron chi connectivity index (χ4n) is 2.48. The number of unbranched alkanes of at least 4 members (excludes halogenated alkanes) is 6. The molecule has 1 unspecified atom stereocenters. The number of hydrogen-bond donors (Lipinski definition) is 1. The van der Waals surface area contributed by atoms with Crippen LogP contribution in [0.2, 0.25) is 0 Å². The second-order valence-corrected chi connectivity index (χ2v) is 5.46. The smallest absolute Gasteiger partial charge is 0.104 e. The first-order chi connectivity index (χ1) is 9.25. The molecule has 19 heavy (non-hydrogen) atoms. The Morgan fingerprint density at radius 3 is 2.68 bits per heavy atom. The Labute approximate surface area is 119 Å². The van der Waals surface area contributed by atoms with Gasteiger partial charge in [-0.1, -0.05) is 51.2 Å². The van der Waals surface area contributed by atoms with Gasteiger partial charge in [0, 0.05) is 13.0 Å². The van der Waals surface area contributed by atoms with Crippen LogP contribution in [0.4, 0.5) is 0 Å². The molecule has 0 aromatic carbocycles. The van der Waals surface area contributed by atoms with Crippen LogP contribution in [0.15, 0.2) is 17.1 Å². The summed E-state index contributed by atoms with van der Waals surface area (Å²) in [5.41, 5.74) is 5.92. The van der Waals surface area contributed by atoms with Crippen molar-refractivity contribution < 1.29 is 0 Å². The van der Waals surface area contributed by atoms with Crippen LogP contribution in [-0.2, 0) is 0 Å². The summed E-state index contributed by atoms with van der Waals surface area (Å²) in [4.78, 5) is 6.72. The van der Waals surface area contributed by atoms with E-state index in [0.717, 1.165) is 25.3 Å². The summed E-state index contributed by atoms with van der Waals surface area (Å²) in [7, 11) is 0. The number of amidine groups is 1. The lowest BCUT2D eigenvalue weighted by atomic mass is 10.1. The highest BCUT2D eigenvalue weighted by molar-refractivity contribution is 5.85. The summed E-state index contributed by atoms with van der Waals surface area (Å²) in [6, 6.07) is 0. The summed E-state index contributed by atoms with van der Waals surface area (Å²) in [5, 5.41) is 0. The fourth-order valence-corrected chi connectivity index (χ4v) is 2.48. The molecule has 0 saturated heterocycles. The van der Waals surface area contributed by atoms with Gasteiger partial charge in [-0.05, 0) is 19.8 Å². The average molecular weight is 265 g/mol. The average Bonchev–Trinajstić information content (AvgIpc) is 2.85. The number of aliphatic imine (C=N–C) groups is 1. The molecule has 0 fully saturated rings. The lowest BCUT2D eigenvalue weighted by Gasteiger charge is -2.23. The van der Waals surface area contributed by atoms with Crippen molar-refractivity contribution in [2.45, 2.75) is 71.4 Å². The Morgan fingerprint density at radius 2 is 1.95 bits per heavy atom. The molecule has 110 valence electrons. The third-order valence-electron chi connectivity index (χ3n) is 3.65. The molecular formula is C16H31N3. The van der Waals surface area contributed by atoms with Crippen LogP contribution < -0.4 is 5.73 Å². The molecule has 0 amide bonds. The van der Waals surface area contributed by atoms with Gasteiger partial charge in [-0.25, -0.2) is 0 Å². The number of nitrogens with two attached hydrogens (primary N) is 1. The van der Waals surface area contributed by atoms with Gasteiger partial charge in [0.25, 0.3) is 0 Å². The van der Waals surface area contributed by atoms with Crippen LogP contribution in [0.25, 0.3) is 0 Å². The monoisotopic (exact) mass is 265 g/mol. The van der Waals surface area contributed by atoms with E-state index < -0.39 is 0 Å². The van der Waals surface area contributed by atoms with E-state index >= 15 is 0 Å². The molecule has 0 aromatic heterocycles. The van der Waals surface area contributed by atoms with Gasteiger partial charge in [-0.15, -0.1) is 0 Å². The minimum Gasteiger partial charge on any atom is -0.343 e. The zero-order valence-corrected chi connectivity index (χ0v) is 12.8. The molecule has 0 radical (unpaired) electrons. The standard InChI is InChI=1S/C16H31N3/c1-3-4-5-6-7-8-9-10-11-12-16-18-13-14-19(16)15(2)17/h10-11,15H,3-9,12-14,17H2,1-2H3/b11-10+. The van der Waals surface area contributed by atoms with Gasteiger partial charge in [0.05, 0.1) is 12.7 Å².